The number of imide groups is 1. The molecule has 0 aliphatic carbocycles. The molecule has 0 aromatic carbocycles. The van der Waals surface area contributed by atoms with Crippen molar-refractivity contribution < 1.29 is 9.59 Å². The predicted octanol–water partition coefficient (Wildman–Crippen LogP) is 7.73. The molecule has 29 heavy (non-hydrogen) atoms. The van der Waals surface area contributed by atoms with E-state index < -0.39 is 0 Å². The van der Waals surface area contributed by atoms with Gasteiger partial charge in [0, 0.05) is 12.8 Å². The maximum Gasteiger partial charge on any atom is 0.230 e. The van der Waals surface area contributed by atoms with E-state index in [2.05, 4.69) is 26.8 Å². The van der Waals surface area contributed by atoms with Crippen LogP contribution in [0.2, 0.25) is 0 Å². The number of allylic oxidation sites excluding steroid dienone is 1. The number of likely N-dealkylation sites (tertiary alicyclic amines) is 1. The predicted molar refractivity (Wildman–Crippen MR) is 124 cm³/mol. The first-order valence-corrected chi connectivity index (χ1v) is 12.6. The third kappa shape index (κ3) is 11.0. The lowest BCUT2D eigenvalue weighted by molar-refractivity contribution is -0.140. The second kappa shape index (κ2) is 16.7. The van der Waals surface area contributed by atoms with E-state index in [9.17, 15) is 9.59 Å². The molecule has 3 nitrogen and oxygen atoms in total. The lowest BCUT2D eigenvalue weighted by Gasteiger charge is -2.27. The zero-order valence-corrected chi connectivity index (χ0v) is 19.6. The van der Waals surface area contributed by atoms with Gasteiger partial charge >= 0.3 is 0 Å². The zero-order valence-electron chi connectivity index (χ0n) is 19.6. The third-order valence-electron chi connectivity index (χ3n) is 6.28. The molecule has 0 spiro atoms. The van der Waals surface area contributed by atoms with Crippen molar-refractivity contribution >= 4 is 11.8 Å². The van der Waals surface area contributed by atoms with Crippen LogP contribution >= 0.6 is 0 Å². The molecule has 0 aromatic heterocycles. The van der Waals surface area contributed by atoms with Crippen molar-refractivity contribution in [2.75, 3.05) is 0 Å². The van der Waals surface area contributed by atoms with Crippen molar-refractivity contribution in [2.24, 2.45) is 0 Å². The zero-order chi connectivity index (χ0) is 21.3. The van der Waals surface area contributed by atoms with Gasteiger partial charge in [0.15, 0.2) is 0 Å². The standard InChI is InChI=1S/C26H47NO2/c1-4-6-8-10-12-14-15-17-19-23(3)24(27-25(28)21-22-26(27)29)20-18-16-13-11-9-7-5-2/h19,24H,4-18,20-22H2,1-3H3/b23-19+. The van der Waals surface area contributed by atoms with Gasteiger partial charge < -0.3 is 0 Å². The van der Waals surface area contributed by atoms with E-state index in [1.807, 2.05) is 0 Å². The summed E-state index contributed by atoms with van der Waals surface area (Å²) in [6, 6.07) is -0.00213. The molecule has 0 radical (unpaired) electrons. The van der Waals surface area contributed by atoms with Crippen molar-refractivity contribution in [1.29, 1.82) is 0 Å². The molecule has 168 valence electrons. The van der Waals surface area contributed by atoms with Crippen molar-refractivity contribution in [1.82, 2.24) is 4.90 Å². The minimum atomic E-state index is -0.00213. The van der Waals surface area contributed by atoms with Gasteiger partial charge in [-0.1, -0.05) is 109 Å². The Hall–Kier alpha value is -1.12. The second-order valence-electron chi connectivity index (χ2n) is 8.94. The minimum absolute atomic E-state index is 0.00213. The van der Waals surface area contributed by atoms with Gasteiger partial charge in [0.2, 0.25) is 11.8 Å². The first-order valence-electron chi connectivity index (χ1n) is 12.6. The van der Waals surface area contributed by atoms with Gasteiger partial charge in [-0.15, -0.1) is 0 Å². The number of amides is 2. The van der Waals surface area contributed by atoms with E-state index in [1.165, 1.54) is 89.0 Å². The Balaban J connectivity index is 2.43. The van der Waals surface area contributed by atoms with Crippen LogP contribution in [0.15, 0.2) is 11.6 Å². The summed E-state index contributed by atoms with van der Waals surface area (Å²) in [6.45, 7) is 6.63. The molecule has 1 atom stereocenters. The highest BCUT2D eigenvalue weighted by Crippen LogP contribution is 2.25. The molecule has 0 saturated carbocycles. The molecule has 1 heterocycles. The molecule has 3 heteroatoms. The first kappa shape index (κ1) is 25.9. The van der Waals surface area contributed by atoms with Crippen LogP contribution in [-0.4, -0.2) is 22.8 Å². The fraction of sp³-hybridized carbons (Fsp3) is 0.846. The summed E-state index contributed by atoms with van der Waals surface area (Å²) in [4.78, 5) is 26.2. The van der Waals surface area contributed by atoms with Crippen molar-refractivity contribution in [3.05, 3.63) is 11.6 Å². The molecule has 0 N–H and O–H groups in total. The van der Waals surface area contributed by atoms with E-state index in [0.29, 0.717) is 12.8 Å². The summed E-state index contributed by atoms with van der Waals surface area (Å²) < 4.78 is 0. The summed E-state index contributed by atoms with van der Waals surface area (Å²) in [5.74, 6) is 0.0678. The van der Waals surface area contributed by atoms with Crippen molar-refractivity contribution in [2.45, 2.75) is 142 Å². The summed E-state index contributed by atoms with van der Waals surface area (Å²) in [5, 5.41) is 0. The van der Waals surface area contributed by atoms with Gasteiger partial charge in [-0.25, -0.2) is 0 Å². The van der Waals surface area contributed by atoms with Gasteiger partial charge in [-0.3, -0.25) is 14.5 Å². The molecule has 1 fully saturated rings. The molecule has 1 aliphatic heterocycles. The van der Waals surface area contributed by atoms with Crippen LogP contribution in [0.5, 0.6) is 0 Å². The number of nitrogens with zero attached hydrogens (tertiary/aromatic N) is 1. The van der Waals surface area contributed by atoms with Crippen LogP contribution in [-0.2, 0) is 9.59 Å². The normalized spacial score (nSPS) is 16.1. The van der Waals surface area contributed by atoms with Crippen molar-refractivity contribution in [3.63, 3.8) is 0 Å². The molecule has 1 aliphatic rings. The molecule has 0 aromatic rings. The van der Waals surface area contributed by atoms with E-state index in [0.717, 1.165) is 19.3 Å². The second-order valence-corrected chi connectivity index (χ2v) is 8.94. The lowest BCUT2D eigenvalue weighted by Crippen LogP contribution is -2.40. The average Bonchev–Trinajstić information content (AvgIpc) is 3.04. The molecular weight excluding hydrogens is 358 g/mol. The van der Waals surface area contributed by atoms with E-state index in [1.54, 1.807) is 4.90 Å². The van der Waals surface area contributed by atoms with E-state index in [4.69, 9.17) is 0 Å². The number of hydrogen-bond donors (Lipinski definition) is 0. The Morgan fingerprint density at radius 2 is 1.21 bits per heavy atom. The highest BCUT2D eigenvalue weighted by atomic mass is 16.2. The van der Waals surface area contributed by atoms with Gasteiger partial charge in [0.1, 0.15) is 0 Å². The fourth-order valence-corrected chi connectivity index (χ4v) is 4.36. The molecular formula is C26H47NO2. The number of unbranched alkanes of at least 4 members (excludes halogenated alkanes) is 13. The van der Waals surface area contributed by atoms with Gasteiger partial charge in [0.05, 0.1) is 6.04 Å². The van der Waals surface area contributed by atoms with Crippen LogP contribution in [0.1, 0.15) is 136 Å². The Morgan fingerprint density at radius 1 is 0.759 bits per heavy atom. The SMILES string of the molecule is CCCCCCCCC/C=C(\C)C(CCCCCCCCC)N1C(=O)CCC1=O. The highest BCUT2D eigenvalue weighted by Gasteiger charge is 2.35. The Labute approximate surface area is 180 Å². The van der Waals surface area contributed by atoms with Gasteiger partial charge in [-0.05, 0) is 26.2 Å². The average molecular weight is 406 g/mol. The Kier molecular flexibility index (Phi) is 14.9. The molecule has 0 bridgehead atoms. The lowest BCUT2D eigenvalue weighted by atomic mass is 9.97. The number of carbonyl (C=O) groups excluding carboxylic acids is 2. The Morgan fingerprint density at radius 3 is 1.72 bits per heavy atom. The summed E-state index contributed by atoms with van der Waals surface area (Å²) in [7, 11) is 0. The molecule has 1 unspecified atom stereocenters. The van der Waals surface area contributed by atoms with Crippen LogP contribution < -0.4 is 0 Å². The first-order chi connectivity index (χ1) is 14.1. The summed E-state index contributed by atoms with van der Waals surface area (Å²) in [6.07, 6.45) is 23.2. The maximum atomic E-state index is 12.3. The monoisotopic (exact) mass is 405 g/mol. The fourth-order valence-electron chi connectivity index (χ4n) is 4.36. The van der Waals surface area contributed by atoms with E-state index >= 15 is 0 Å². The summed E-state index contributed by atoms with van der Waals surface area (Å²) >= 11 is 0. The van der Waals surface area contributed by atoms with E-state index in [-0.39, 0.29) is 17.9 Å². The Bertz CT molecular complexity index is 467. The minimum Gasteiger partial charge on any atom is -0.275 e. The molecule has 1 saturated heterocycles. The smallest absolute Gasteiger partial charge is 0.230 e. The van der Waals surface area contributed by atoms with Crippen LogP contribution in [0.4, 0.5) is 0 Å². The van der Waals surface area contributed by atoms with Crippen LogP contribution in [0, 0.1) is 0 Å². The molecule has 1 rings (SSSR count). The van der Waals surface area contributed by atoms with Crippen LogP contribution in [0.3, 0.4) is 0 Å². The number of carbonyl (C=O) groups is 2. The van der Waals surface area contributed by atoms with Crippen LogP contribution in [0.25, 0.3) is 0 Å². The van der Waals surface area contributed by atoms with Gasteiger partial charge in [0.25, 0.3) is 0 Å². The largest absolute Gasteiger partial charge is 0.275 e. The highest BCUT2D eigenvalue weighted by molar-refractivity contribution is 6.02. The third-order valence-corrected chi connectivity index (χ3v) is 6.28. The molecule has 2 amide bonds. The maximum absolute atomic E-state index is 12.3. The quantitative estimate of drug-likeness (QED) is 0.133. The number of rotatable bonds is 18. The summed E-state index contributed by atoms with van der Waals surface area (Å²) in [5.41, 5.74) is 1.23. The van der Waals surface area contributed by atoms with Crippen molar-refractivity contribution in [3.8, 4) is 0 Å². The topological polar surface area (TPSA) is 37.4 Å². The number of hydrogen-bond acceptors (Lipinski definition) is 2. The van der Waals surface area contributed by atoms with Gasteiger partial charge in [-0.2, -0.15) is 0 Å².